The number of methoxy groups -OCH3 is 1. The number of benzene rings is 1. The predicted molar refractivity (Wildman–Crippen MR) is 101 cm³/mol. The Balaban J connectivity index is 1.60. The van der Waals surface area contributed by atoms with Crippen molar-refractivity contribution in [2.45, 2.75) is 51.0 Å². The molecule has 1 aliphatic carbocycles. The van der Waals surface area contributed by atoms with Crippen LogP contribution < -0.4 is 4.74 Å². The summed E-state index contributed by atoms with van der Waals surface area (Å²) in [4.78, 5) is 15.2. The third kappa shape index (κ3) is 3.22. The number of hydrogen-bond donors (Lipinski definition) is 1. The fraction of sp³-hybridized carbons (Fsp3) is 0.524. The highest BCUT2D eigenvalue weighted by atomic mass is 16.5. The van der Waals surface area contributed by atoms with Crippen LogP contribution in [0.25, 0.3) is 11.1 Å². The molecule has 0 spiro atoms. The van der Waals surface area contributed by atoms with Gasteiger partial charge in [0, 0.05) is 18.0 Å². The van der Waals surface area contributed by atoms with Crippen LogP contribution in [0.5, 0.6) is 5.75 Å². The number of likely N-dealkylation sites (tertiary alicyclic amines) is 1. The van der Waals surface area contributed by atoms with E-state index in [-0.39, 0.29) is 12.0 Å². The highest BCUT2D eigenvalue weighted by Gasteiger charge is 2.36. The maximum atomic E-state index is 13.1. The number of carbonyl (C=O) groups excluding carboxylic acids is 1. The fourth-order valence-electron chi connectivity index (χ4n) is 4.49. The molecule has 2 heterocycles. The zero-order chi connectivity index (χ0) is 17.9. The normalized spacial score (nSPS) is 21.1. The molecule has 0 radical (unpaired) electrons. The molecule has 5 nitrogen and oxygen atoms in total. The predicted octanol–water partition coefficient (Wildman–Crippen LogP) is 4.33. The molecule has 1 N–H and O–H groups in total. The summed E-state index contributed by atoms with van der Waals surface area (Å²) in [5, 5.41) is 7.49. The Kier molecular flexibility index (Phi) is 4.96. The summed E-state index contributed by atoms with van der Waals surface area (Å²) in [6.07, 6.45) is 9.67. The van der Waals surface area contributed by atoms with E-state index in [0.717, 1.165) is 54.8 Å². The van der Waals surface area contributed by atoms with Gasteiger partial charge in [0.15, 0.2) is 0 Å². The number of aromatic nitrogens is 2. The van der Waals surface area contributed by atoms with Crippen LogP contribution in [0.1, 0.15) is 56.7 Å². The second-order valence-electron chi connectivity index (χ2n) is 7.45. The first-order chi connectivity index (χ1) is 12.8. The van der Waals surface area contributed by atoms with E-state index in [1.165, 1.54) is 19.3 Å². The van der Waals surface area contributed by atoms with Gasteiger partial charge in [0.1, 0.15) is 5.75 Å². The lowest BCUT2D eigenvalue weighted by Gasteiger charge is -2.30. The Bertz CT molecular complexity index is 764. The van der Waals surface area contributed by atoms with E-state index < -0.39 is 0 Å². The number of nitrogens with one attached hydrogen (secondary N) is 1. The lowest BCUT2D eigenvalue weighted by atomic mass is 9.88. The van der Waals surface area contributed by atoms with Gasteiger partial charge >= 0.3 is 0 Å². The van der Waals surface area contributed by atoms with E-state index in [9.17, 15) is 4.79 Å². The molecule has 1 saturated heterocycles. The summed E-state index contributed by atoms with van der Waals surface area (Å²) in [6.45, 7) is 0.858. The minimum atomic E-state index is 0.105. The average molecular weight is 353 g/mol. The van der Waals surface area contributed by atoms with E-state index >= 15 is 0 Å². The third-order valence-electron chi connectivity index (χ3n) is 5.87. The SMILES string of the molecule is COc1cccc(-c2cn[nH]c2[C@H]2CCCN2C(=O)C2CCCCC2)c1. The molecule has 2 aromatic rings. The van der Waals surface area contributed by atoms with Crippen molar-refractivity contribution in [3.63, 3.8) is 0 Å². The number of aromatic amines is 1. The molecule has 2 aliphatic rings. The van der Waals surface area contributed by atoms with Crippen LogP contribution in [0.4, 0.5) is 0 Å². The maximum Gasteiger partial charge on any atom is 0.226 e. The Hall–Kier alpha value is -2.30. The molecule has 1 amide bonds. The minimum absolute atomic E-state index is 0.105. The molecular weight excluding hydrogens is 326 g/mol. The van der Waals surface area contributed by atoms with Crippen LogP contribution in [0, 0.1) is 5.92 Å². The highest BCUT2D eigenvalue weighted by molar-refractivity contribution is 5.80. The summed E-state index contributed by atoms with van der Waals surface area (Å²) in [5.74, 6) is 1.39. The topological polar surface area (TPSA) is 58.2 Å². The summed E-state index contributed by atoms with van der Waals surface area (Å²) >= 11 is 0. The molecule has 1 aromatic carbocycles. The van der Waals surface area contributed by atoms with E-state index in [0.29, 0.717) is 5.91 Å². The number of rotatable bonds is 4. The van der Waals surface area contributed by atoms with E-state index in [1.807, 2.05) is 24.4 Å². The van der Waals surface area contributed by atoms with Crippen molar-refractivity contribution in [1.29, 1.82) is 0 Å². The van der Waals surface area contributed by atoms with Crippen LogP contribution in [-0.4, -0.2) is 34.7 Å². The van der Waals surface area contributed by atoms with Crippen LogP contribution in [0.2, 0.25) is 0 Å². The zero-order valence-electron chi connectivity index (χ0n) is 15.4. The molecule has 2 fully saturated rings. The van der Waals surface area contributed by atoms with Gasteiger partial charge in [0.05, 0.1) is 25.0 Å². The first-order valence-corrected chi connectivity index (χ1v) is 9.76. The number of hydrogen-bond acceptors (Lipinski definition) is 3. The summed E-state index contributed by atoms with van der Waals surface area (Å²) < 4.78 is 5.36. The molecule has 0 unspecified atom stereocenters. The molecule has 26 heavy (non-hydrogen) atoms. The summed E-state index contributed by atoms with van der Waals surface area (Å²) in [5.41, 5.74) is 3.20. The summed E-state index contributed by atoms with van der Waals surface area (Å²) in [7, 11) is 1.68. The highest BCUT2D eigenvalue weighted by Crippen LogP contribution is 2.39. The van der Waals surface area contributed by atoms with Crippen LogP contribution in [0.15, 0.2) is 30.5 Å². The molecule has 5 heteroatoms. The van der Waals surface area contributed by atoms with Gasteiger partial charge in [-0.2, -0.15) is 5.10 Å². The second-order valence-corrected chi connectivity index (χ2v) is 7.45. The number of amides is 1. The lowest BCUT2D eigenvalue weighted by molar-refractivity contribution is -0.137. The number of ether oxygens (including phenoxy) is 1. The quantitative estimate of drug-likeness (QED) is 0.890. The van der Waals surface area contributed by atoms with E-state index in [4.69, 9.17) is 4.74 Å². The van der Waals surface area contributed by atoms with Gasteiger partial charge in [-0.3, -0.25) is 9.89 Å². The van der Waals surface area contributed by atoms with Crippen molar-refractivity contribution in [2.75, 3.05) is 13.7 Å². The number of H-pyrrole nitrogens is 1. The van der Waals surface area contributed by atoms with Crippen LogP contribution in [0.3, 0.4) is 0 Å². The Labute approximate surface area is 154 Å². The van der Waals surface area contributed by atoms with Crippen molar-refractivity contribution in [1.82, 2.24) is 15.1 Å². The third-order valence-corrected chi connectivity index (χ3v) is 5.87. The largest absolute Gasteiger partial charge is 0.497 e. The smallest absolute Gasteiger partial charge is 0.226 e. The zero-order valence-corrected chi connectivity index (χ0v) is 15.4. The van der Waals surface area contributed by atoms with E-state index in [2.05, 4.69) is 21.2 Å². The molecule has 0 bridgehead atoms. The van der Waals surface area contributed by atoms with Crippen molar-refractivity contribution in [3.8, 4) is 16.9 Å². The van der Waals surface area contributed by atoms with Gasteiger partial charge < -0.3 is 9.64 Å². The van der Waals surface area contributed by atoms with Gasteiger partial charge in [-0.1, -0.05) is 31.4 Å². The minimum Gasteiger partial charge on any atom is -0.497 e. The molecule has 138 valence electrons. The molecule has 1 saturated carbocycles. The van der Waals surface area contributed by atoms with E-state index in [1.54, 1.807) is 7.11 Å². The van der Waals surface area contributed by atoms with Crippen molar-refractivity contribution in [2.24, 2.45) is 5.92 Å². The van der Waals surface area contributed by atoms with Crippen LogP contribution >= 0.6 is 0 Å². The molecule has 1 atom stereocenters. The van der Waals surface area contributed by atoms with Gasteiger partial charge in [-0.25, -0.2) is 0 Å². The average Bonchev–Trinajstić information content (AvgIpc) is 3.37. The first-order valence-electron chi connectivity index (χ1n) is 9.76. The van der Waals surface area contributed by atoms with Gasteiger partial charge in [0.25, 0.3) is 0 Å². The van der Waals surface area contributed by atoms with Gasteiger partial charge in [-0.15, -0.1) is 0 Å². The fourth-order valence-corrected chi connectivity index (χ4v) is 4.49. The van der Waals surface area contributed by atoms with Crippen LogP contribution in [-0.2, 0) is 4.79 Å². The number of nitrogens with zero attached hydrogens (tertiary/aromatic N) is 2. The molecular formula is C21H27N3O2. The Morgan fingerprint density at radius 1 is 1.19 bits per heavy atom. The monoisotopic (exact) mass is 353 g/mol. The Morgan fingerprint density at radius 2 is 2.04 bits per heavy atom. The standard InChI is InChI=1S/C21H27N3O2/c1-26-17-10-5-9-16(13-17)18-14-22-23-20(18)19-11-6-12-24(19)21(25)15-7-3-2-4-8-15/h5,9-10,13-15,19H,2-4,6-8,11-12H2,1H3,(H,22,23)/t19-/m1/s1. The van der Waals surface area contributed by atoms with Crippen molar-refractivity contribution < 1.29 is 9.53 Å². The maximum absolute atomic E-state index is 13.1. The molecule has 1 aliphatic heterocycles. The Morgan fingerprint density at radius 3 is 2.85 bits per heavy atom. The molecule has 1 aromatic heterocycles. The molecule has 4 rings (SSSR count). The van der Waals surface area contributed by atoms with Crippen molar-refractivity contribution >= 4 is 5.91 Å². The van der Waals surface area contributed by atoms with Gasteiger partial charge in [-0.05, 0) is 43.4 Å². The van der Waals surface area contributed by atoms with Crippen molar-refractivity contribution in [3.05, 3.63) is 36.2 Å². The lowest BCUT2D eigenvalue weighted by Crippen LogP contribution is -2.36. The number of carbonyl (C=O) groups is 1. The first kappa shape index (κ1) is 17.1. The van der Waals surface area contributed by atoms with Gasteiger partial charge in [0.2, 0.25) is 5.91 Å². The second kappa shape index (κ2) is 7.52. The summed E-state index contributed by atoms with van der Waals surface area (Å²) in [6, 6.07) is 8.13.